The lowest BCUT2D eigenvalue weighted by Crippen LogP contribution is -2.47. The molecule has 0 aliphatic rings. The zero-order valence-electron chi connectivity index (χ0n) is 23.6. The topological polar surface area (TPSA) is 118 Å². The monoisotopic (exact) mass is 542 g/mol. The summed E-state index contributed by atoms with van der Waals surface area (Å²) in [5.41, 5.74) is 0.518. The van der Waals surface area contributed by atoms with Crippen LogP contribution in [0.2, 0.25) is 0 Å². The number of benzene rings is 1. The highest BCUT2D eigenvalue weighted by Gasteiger charge is 2.26. The lowest BCUT2D eigenvalue weighted by molar-refractivity contribution is -0.125. The van der Waals surface area contributed by atoms with Crippen LogP contribution >= 0.6 is 0 Å². The van der Waals surface area contributed by atoms with Gasteiger partial charge in [-0.15, -0.1) is 0 Å². The SMILES string of the molecule is COCCCNc1nc(Nc2cccc(F)c2)ncc1C#CCCCNC(=O)[C@H](C)N(C)C(=O)OC(C)(C)C. The minimum atomic E-state index is -0.672. The Balaban J connectivity index is 1.92. The van der Waals surface area contributed by atoms with Gasteiger partial charge in [-0.1, -0.05) is 17.9 Å². The summed E-state index contributed by atoms with van der Waals surface area (Å²) in [5, 5.41) is 9.07. The van der Waals surface area contributed by atoms with E-state index in [1.165, 1.54) is 24.1 Å². The number of rotatable bonds is 12. The quantitative estimate of drug-likeness (QED) is 0.268. The van der Waals surface area contributed by atoms with Gasteiger partial charge in [0.1, 0.15) is 23.3 Å². The normalized spacial score (nSPS) is 11.6. The third kappa shape index (κ3) is 11.6. The van der Waals surface area contributed by atoms with Gasteiger partial charge in [0.05, 0.1) is 11.8 Å². The fourth-order valence-electron chi connectivity index (χ4n) is 3.15. The van der Waals surface area contributed by atoms with Gasteiger partial charge in [0.25, 0.3) is 0 Å². The van der Waals surface area contributed by atoms with Crippen molar-refractivity contribution < 1.29 is 23.5 Å². The van der Waals surface area contributed by atoms with Crippen molar-refractivity contribution in [3.8, 4) is 11.8 Å². The van der Waals surface area contributed by atoms with Gasteiger partial charge < -0.3 is 25.4 Å². The molecule has 0 bridgehead atoms. The number of methoxy groups -OCH3 is 1. The minimum absolute atomic E-state index is 0.270. The van der Waals surface area contributed by atoms with Crippen molar-refractivity contribution >= 4 is 29.5 Å². The van der Waals surface area contributed by atoms with E-state index in [-0.39, 0.29) is 11.7 Å². The van der Waals surface area contributed by atoms with Crippen LogP contribution in [0.3, 0.4) is 0 Å². The Morgan fingerprint density at radius 3 is 2.67 bits per heavy atom. The zero-order chi connectivity index (χ0) is 28.8. The molecular weight excluding hydrogens is 503 g/mol. The standard InChI is InChI=1S/C28H39FN6O4/c1-20(35(5)27(37)39-28(2,3)4)25(36)31-15-9-7-8-12-21-19-32-26(33-23-14-10-13-22(29)18-23)34-24(21)30-16-11-17-38-6/h10,13-14,18-20H,7,9,11,15-17H2,1-6H3,(H,31,36)(H2,30,32,33,34)/t20-/m0/s1. The Bertz CT molecular complexity index is 1160. The zero-order valence-corrected chi connectivity index (χ0v) is 23.6. The number of halogens is 1. The molecule has 1 aromatic heterocycles. The average molecular weight is 543 g/mol. The maximum absolute atomic E-state index is 13.5. The number of unbranched alkanes of at least 4 members (excludes halogenated alkanes) is 1. The number of hydrogen-bond acceptors (Lipinski definition) is 8. The van der Waals surface area contributed by atoms with Crippen LogP contribution in [0.15, 0.2) is 30.5 Å². The Morgan fingerprint density at radius 1 is 1.21 bits per heavy atom. The van der Waals surface area contributed by atoms with E-state index in [2.05, 4.69) is 37.8 Å². The van der Waals surface area contributed by atoms with Gasteiger partial charge in [0.15, 0.2) is 0 Å². The minimum Gasteiger partial charge on any atom is -0.444 e. The molecule has 39 heavy (non-hydrogen) atoms. The number of aromatic nitrogens is 2. The van der Waals surface area contributed by atoms with Crippen LogP contribution in [0, 0.1) is 17.7 Å². The third-order valence-electron chi connectivity index (χ3n) is 5.33. The summed E-state index contributed by atoms with van der Waals surface area (Å²) in [7, 11) is 3.18. The smallest absolute Gasteiger partial charge is 0.410 e. The highest BCUT2D eigenvalue weighted by Crippen LogP contribution is 2.18. The third-order valence-corrected chi connectivity index (χ3v) is 5.33. The number of carbonyl (C=O) groups is 2. The fraction of sp³-hybridized carbons (Fsp3) is 0.500. The molecule has 10 nitrogen and oxygen atoms in total. The maximum Gasteiger partial charge on any atom is 0.410 e. The molecular formula is C28H39FN6O4. The molecule has 1 aromatic carbocycles. The highest BCUT2D eigenvalue weighted by molar-refractivity contribution is 5.85. The van der Waals surface area contributed by atoms with Crippen molar-refractivity contribution in [2.75, 3.05) is 44.5 Å². The van der Waals surface area contributed by atoms with E-state index in [1.807, 2.05) is 0 Å². The Kier molecular flexibility index (Phi) is 12.4. The predicted octanol–water partition coefficient (Wildman–Crippen LogP) is 4.31. The van der Waals surface area contributed by atoms with Gasteiger partial charge >= 0.3 is 6.09 Å². The van der Waals surface area contributed by atoms with Crippen molar-refractivity contribution in [2.24, 2.45) is 0 Å². The number of amides is 2. The van der Waals surface area contributed by atoms with Crippen LogP contribution in [0.4, 0.5) is 26.6 Å². The summed E-state index contributed by atoms with van der Waals surface area (Å²) in [5.74, 6) is 6.41. The van der Waals surface area contributed by atoms with Crippen LogP contribution in [0.5, 0.6) is 0 Å². The summed E-state index contributed by atoms with van der Waals surface area (Å²) in [4.78, 5) is 34.7. The summed E-state index contributed by atoms with van der Waals surface area (Å²) in [6.07, 6.45) is 2.99. The van der Waals surface area contributed by atoms with Crippen LogP contribution in [0.25, 0.3) is 0 Å². The molecule has 0 radical (unpaired) electrons. The Hall–Kier alpha value is -3.91. The van der Waals surface area contributed by atoms with Crippen LogP contribution < -0.4 is 16.0 Å². The molecule has 0 saturated heterocycles. The molecule has 2 rings (SSSR count). The fourth-order valence-corrected chi connectivity index (χ4v) is 3.15. The average Bonchev–Trinajstić information content (AvgIpc) is 2.87. The maximum atomic E-state index is 13.5. The Labute approximate surface area is 230 Å². The van der Waals surface area contributed by atoms with Crippen molar-refractivity contribution in [1.29, 1.82) is 0 Å². The summed E-state index contributed by atoms with van der Waals surface area (Å²) in [6, 6.07) is 5.37. The largest absolute Gasteiger partial charge is 0.444 e. The van der Waals surface area contributed by atoms with Gasteiger partial charge in [-0.3, -0.25) is 9.69 Å². The second-order valence-electron chi connectivity index (χ2n) is 9.83. The van der Waals surface area contributed by atoms with E-state index in [1.54, 1.807) is 53.1 Å². The van der Waals surface area contributed by atoms with E-state index in [9.17, 15) is 14.0 Å². The molecule has 0 fully saturated rings. The molecule has 2 aromatic rings. The van der Waals surface area contributed by atoms with Crippen molar-refractivity contribution in [2.45, 2.75) is 58.6 Å². The van der Waals surface area contributed by atoms with Crippen molar-refractivity contribution in [3.63, 3.8) is 0 Å². The van der Waals surface area contributed by atoms with Gasteiger partial charge in [-0.25, -0.2) is 14.2 Å². The lowest BCUT2D eigenvalue weighted by atomic mass is 10.2. The molecule has 0 saturated carbocycles. The van der Waals surface area contributed by atoms with Gasteiger partial charge in [0.2, 0.25) is 11.9 Å². The van der Waals surface area contributed by atoms with E-state index in [0.29, 0.717) is 55.6 Å². The molecule has 2 amide bonds. The van der Waals surface area contributed by atoms with E-state index >= 15 is 0 Å². The molecule has 11 heteroatoms. The van der Waals surface area contributed by atoms with Gasteiger partial charge in [-0.2, -0.15) is 4.98 Å². The van der Waals surface area contributed by atoms with Crippen LogP contribution in [-0.2, 0) is 14.3 Å². The predicted molar refractivity (Wildman–Crippen MR) is 149 cm³/mol. The number of carbonyl (C=O) groups excluding carboxylic acids is 2. The molecule has 212 valence electrons. The van der Waals surface area contributed by atoms with Crippen molar-refractivity contribution in [3.05, 3.63) is 41.8 Å². The second kappa shape index (κ2) is 15.5. The number of nitrogens with zero attached hydrogens (tertiary/aromatic N) is 3. The lowest BCUT2D eigenvalue weighted by Gasteiger charge is -2.28. The molecule has 1 heterocycles. The van der Waals surface area contributed by atoms with Gasteiger partial charge in [-0.05, 0) is 58.7 Å². The molecule has 0 aliphatic heterocycles. The molecule has 1 atom stereocenters. The van der Waals surface area contributed by atoms with E-state index in [0.717, 1.165) is 6.42 Å². The Morgan fingerprint density at radius 2 is 1.97 bits per heavy atom. The molecule has 0 unspecified atom stereocenters. The number of anilines is 3. The van der Waals surface area contributed by atoms with Crippen LogP contribution in [-0.4, -0.2) is 72.4 Å². The molecule has 3 N–H and O–H groups in total. The molecule has 0 spiro atoms. The first kappa shape index (κ1) is 31.3. The number of hydrogen-bond donors (Lipinski definition) is 3. The summed E-state index contributed by atoms with van der Waals surface area (Å²) < 4.78 is 23.9. The van der Waals surface area contributed by atoms with Crippen molar-refractivity contribution in [1.82, 2.24) is 20.2 Å². The summed E-state index contributed by atoms with van der Waals surface area (Å²) >= 11 is 0. The first-order chi connectivity index (χ1) is 18.5. The number of ether oxygens (including phenoxy) is 2. The number of likely N-dealkylation sites (N-methyl/N-ethyl adjacent to an activating group) is 1. The highest BCUT2D eigenvalue weighted by atomic mass is 19.1. The number of nitrogens with one attached hydrogen (secondary N) is 3. The first-order valence-corrected chi connectivity index (χ1v) is 12.8. The van der Waals surface area contributed by atoms with E-state index < -0.39 is 17.7 Å². The second-order valence-corrected chi connectivity index (χ2v) is 9.83. The molecule has 0 aliphatic carbocycles. The van der Waals surface area contributed by atoms with Crippen LogP contribution in [0.1, 0.15) is 52.5 Å². The first-order valence-electron chi connectivity index (χ1n) is 12.8. The summed E-state index contributed by atoms with van der Waals surface area (Å²) in [6.45, 7) is 8.61. The van der Waals surface area contributed by atoms with E-state index in [4.69, 9.17) is 9.47 Å². The van der Waals surface area contributed by atoms with Gasteiger partial charge in [0, 0.05) is 46.0 Å².